The van der Waals surface area contributed by atoms with Gasteiger partial charge >= 0.3 is 6.09 Å². The molecule has 2 N–H and O–H groups in total. The molecule has 2 aliphatic carbocycles. The van der Waals surface area contributed by atoms with Gasteiger partial charge < -0.3 is 15.0 Å². The zero-order valence-electron chi connectivity index (χ0n) is 28.8. The van der Waals surface area contributed by atoms with Crippen LogP contribution in [0.3, 0.4) is 0 Å². The number of fused-ring (bicyclic) bond motifs is 3. The minimum atomic E-state index is -3.94. The molecule has 3 amide bonds. The average molecular weight is 721 g/mol. The number of rotatable bonds is 6. The van der Waals surface area contributed by atoms with Crippen molar-refractivity contribution in [1.29, 1.82) is 0 Å². The van der Waals surface area contributed by atoms with E-state index in [-0.39, 0.29) is 50.1 Å². The molecule has 3 fully saturated rings. The number of sulfonamides is 1. The second-order valence-electron chi connectivity index (χ2n) is 15.1. The first-order valence-corrected chi connectivity index (χ1v) is 19.5. The molecule has 272 valence electrons. The first-order valence-electron chi connectivity index (χ1n) is 18.0. The molecule has 2 aromatic carbocycles. The molecule has 2 aromatic rings. The number of hydrogen-bond acceptors (Lipinski definition) is 8. The molecule has 1 saturated heterocycles. The molecule has 0 spiro atoms. The maximum absolute atomic E-state index is 14.4. The van der Waals surface area contributed by atoms with E-state index in [9.17, 15) is 32.0 Å². The summed E-state index contributed by atoms with van der Waals surface area (Å²) in [7, 11) is -3.94. The predicted octanol–water partition coefficient (Wildman–Crippen LogP) is 5.21. The highest BCUT2D eigenvalue weighted by Gasteiger charge is 2.62. The van der Waals surface area contributed by atoms with Crippen molar-refractivity contribution in [2.75, 3.05) is 11.9 Å². The van der Waals surface area contributed by atoms with Crippen LogP contribution in [-0.2, 0) is 42.2 Å². The van der Waals surface area contributed by atoms with Crippen molar-refractivity contribution in [1.82, 2.24) is 14.5 Å². The Morgan fingerprint density at radius 2 is 1.78 bits per heavy atom. The summed E-state index contributed by atoms with van der Waals surface area (Å²) >= 11 is 0. The third kappa shape index (κ3) is 7.14. The molecule has 3 heterocycles. The van der Waals surface area contributed by atoms with Crippen LogP contribution in [-0.4, -0.2) is 71.4 Å². The Balaban J connectivity index is 1.15. The van der Waals surface area contributed by atoms with E-state index in [0.717, 1.165) is 31.4 Å². The van der Waals surface area contributed by atoms with Crippen LogP contribution in [0.4, 0.5) is 14.9 Å². The van der Waals surface area contributed by atoms with Crippen LogP contribution in [0.1, 0.15) is 82.3 Å². The number of Topliss-reactive ketones (excluding diaryl/α,β-unsaturated/α-hetero) is 1. The van der Waals surface area contributed by atoms with Gasteiger partial charge in [-0.25, -0.2) is 17.6 Å². The van der Waals surface area contributed by atoms with Gasteiger partial charge in [0.05, 0.1) is 29.3 Å². The van der Waals surface area contributed by atoms with Crippen molar-refractivity contribution < 1.29 is 36.7 Å². The second-order valence-corrected chi connectivity index (χ2v) is 17.3. The number of carbonyl (C=O) groups excluding carboxylic acids is 4. The van der Waals surface area contributed by atoms with Crippen LogP contribution in [0.25, 0.3) is 0 Å². The summed E-state index contributed by atoms with van der Waals surface area (Å²) in [6.07, 6.45) is 7.21. The predicted molar refractivity (Wildman–Crippen MR) is 187 cm³/mol. The summed E-state index contributed by atoms with van der Waals surface area (Å²) in [5.74, 6) is -2.10. The number of amides is 3. The molecule has 0 aromatic heterocycles. The fourth-order valence-electron chi connectivity index (χ4n) is 7.75. The van der Waals surface area contributed by atoms with Crippen LogP contribution in [0.5, 0.6) is 0 Å². The molecular formula is C38H45FN4O7S. The van der Waals surface area contributed by atoms with Crippen LogP contribution >= 0.6 is 0 Å². The summed E-state index contributed by atoms with van der Waals surface area (Å²) in [4.78, 5) is 58.9. The first-order chi connectivity index (χ1) is 24.4. The lowest BCUT2D eigenvalue weighted by molar-refractivity contribution is -0.139. The number of carbonyl (C=O) groups is 4. The number of ether oxygens (including phenoxy) is 1. The normalized spacial score (nSPS) is 29.5. The number of anilines is 1. The van der Waals surface area contributed by atoms with Gasteiger partial charge in [-0.3, -0.25) is 24.0 Å². The minimum absolute atomic E-state index is 0.0259. The largest absolute Gasteiger partial charge is 0.444 e. The maximum atomic E-state index is 14.4. The van der Waals surface area contributed by atoms with E-state index in [1.807, 2.05) is 42.5 Å². The molecule has 51 heavy (non-hydrogen) atoms. The van der Waals surface area contributed by atoms with Crippen LogP contribution in [0.2, 0.25) is 0 Å². The third-order valence-electron chi connectivity index (χ3n) is 11.4. The Hall–Kier alpha value is -4.26. The SMILES string of the molecule is CC1(S(=O)(=O)NC(=O)[C@]23CC(=O)[C@@H]4C[C@@H](OC(=O)N5Cc6cccc(F)c6C5)CN4C(=O)[C@@H](Nc4ccccc4)CCCCC/C=C\[C@H]2C3)CC1. The van der Waals surface area contributed by atoms with E-state index < -0.39 is 56.2 Å². The molecule has 0 bridgehead atoms. The van der Waals surface area contributed by atoms with E-state index >= 15 is 0 Å². The average Bonchev–Trinajstić information content (AvgIpc) is 3.89. The van der Waals surface area contributed by atoms with E-state index in [0.29, 0.717) is 36.8 Å². The van der Waals surface area contributed by atoms with Gasteiger partial charge in [0.25, 0.3) is 0 Å². The molecule has 3 aliphatic heterocycles. The molecule has 0 radical (unpaired) electrons. The van der Waals surface area contributed by atoms with Gasteiger partial charge in [-0.05, 0) is 75.1 Å². The van der Waals surface area contributed by atoms with Crippen molar-refractivity contribution in [3.05, 3.63) is 77.6 Å². The molecule has 5 atom stereocenters. The topological polar surface area (TPSA) is 142 Å². The van der Waals surface area contributed by atoms with Gasteiger partial charge in [0.1, 0.15) is 18.0 Å². The summed E-state index contributed by atoms with van der Waals surface area (Å²) in [6, 6.07) is 12.4. The van der Waals surface area contributed by atoms with Crippen molar-refractivity contribution in [2.45, 2.75) is 107 Å². The Kier molecular flexibility index (Phi) is 9.45. The Bertz CT molecular complexity index is 1850. The van der Waals surface area contributed by atoms with E-state index in [4.69, 9.17) is 4.74 Å². The van der Waals surface area contributed by atoms with Gasteiger partial charge in [0.2, 0.25) is 21.8 Å². The monoisotopic (exact) mass is 720 g/mol. The van der Waals surface area contributed by atoms with Gasteiger partial charge in [-0.1, -0.05) is 55.3 Å². The van der Waals surface area contributed by atoms with Crippen molar-refractivity contribution >= 4 is 39.4 Å². The Morgan fingerprint density at radius 1 is 1.00 bits per heavy atom. The standard InChI is InChI=1S/C38H45FN4O7S/c1-37(17-18-37)51(48,49)41-35(46)38-20-26(38)12-6-3-2-4-9-16-31(40-27-13-7-5-8-14-27)34(45)43-23-28(19-32(43)33(44)21-38)50-36(47)42-22-25-11-10-15-30(39)29(25)24-42/h5-8,10-15,26,28,31-32,40H,2-4,9,16-24H2,1H3,(H,41,46)/b12-6-/t26-,28+,31-,32-,38+/m0/s1. The highest BCUT2D eigenvalue weighted by molar-refractivity contribution is 7.91. The minimum Gasteiger partial charge on any atom is -0.444 e. The van der Waals surface area contributed by atoms with E-state index in [1.54, 1.807) is 19.1 Å². The van der Waals surface area contributed by atoms with Crippen LogP contribution in [0.15, 0.2) is 60.7 Å². The zero-order chi connectivity index (χ0) is 36.0. The molecular weight excluding hydrogens is 676 g/mol. The highest BCUT2D eigenvalue weighted by atomic mass is 32.2. The number of ketones is 1. The lowest BCUT2D eigenvalue weighted by Gasteiger charge is -2.30. The van der Waals surface area contributed by atoms with Gasteiger partial charge in [0.15, 0.2) is 5.78 Å². The quantitative estimate of drug-likeness (QED) is 0.388. The molecule has 13 heteroatoms. The number of benzene rings is 2. The summed E-state index contributed by atoms with van der Waals surface area (Å²) < 4.78 is 47.8. The first kappa shape index (κ1) is 35.2. The van der Waals surface area contributed by atoms with Gasteiger partial charge in [-0.2, -0.15) is 0 Å². The Morgan fingerprint density at radius 3 is 2.53 bits per heavy atom. The fourth-order valence-corrected chi connectivity index (χ4v) is 9.08. The van der Waals surface area contributed by atoms with E-state index in [1.165, 1.54) is 15.9 Å². The molecule has 2 saturated carbocycles. The van der Waals surface area contributed by atoms with Crippen LogP contribution < -0.4 is 10.0 Å². The third-order valence-corrected chi connectivity index (χ3v) is 13.6. The fraction of sp³-hybridized carbons (Fsp3) is 0.526. The van der Waals surface area contributed by atoms with Crippen molar-refractivity contribution in [2.24, 2.45) is 11.3 Å². The summed E-state index contributed by atoms with van der Waals surface area (Å²) in [5, 5.41) is 3.36. The highest BCUT2D eigenvalue weighted by Crippen LogP contribution is 2.57. The molecule has 5 aliphatic rings. The zero-order valence-corrected chi connectivity index (χ0v) is 29.6. The molecule has 0 unspecified atom stereocenters. The summed E-state index contributed by atoms with van der Waals surface area (Å²) in [5.41, 5.74) is 0.621. The molecule has 11 nitrogen and oxygen atoms in total. The number of halogens is 1. The number of hydrogen-bond donors (Lipinski definition) is 2. The number of nitrogens with zero attached hydrogens (tertiary/aromatic N) is 2. The maximum Gasteiger partial charge on any atom is 0.410 e. The Labute approximate surface area is 298 Å². The van der Waals surface area contributed by atoms with Crippen molar-refractivity contribution in [3.63, 3.8) is 0 Å². The van der Waals surface area contributed by atoms with Gasteiger partial charge in [0, 0.05) is 30.6 Å². The van der Waals surface area contributed by atoms with Gasteiger partial charge in [-0.15, -0.1) is 0 Å². The van der Waals surface area contributed by atoms with E-state index in [2.05, 4.69) is 10.0 Å². The lowest BCUT2D eigenvalue weighted by Crippen LogP contribution is -2.49. The number of para-hydroxylation sites is 1. The number of allylic oxidation sites excluding steroid dienone is 2. The summed E-state index contributed by atoms with van der Waals surface area (Å²) in [6.45, 7) is 1.81. The van der Waals surface area contributed by atoms with Crippen LogP contribution in [0, 0.1) is 17.2 Å². The van der Waals surface area contributed by atoms with Crippen molar-refractivity contribution in [3.8, 4) is 0 Å². The second kappa shape index (κ2) is 13.7. The molecule has 7 rings (SSSR count). The number of nitrogens with one attached hydrogen (secondary N) is 2. The smallest absolute Gasteiger partial charge is 0.410 e. The lowest BCUT2D eigenvalue weighted by atomic mass is 9.91.